The van der Waals surface area contributed by atoms with Gasteiger partial charge in [0, 0.05) is 24.8 Å². The maximum absolute atomic E-state index is 6.10. The van der Waals surface area contributed by atoms with Crippen LogP contribution in [-0.2, 0) is 6.54 Å². The van der Waals surface area contributed by atoms with E-state index in [1.165, 1.54) is 0 Å². The van der Waals surface area contributed by atoms with Crippen molar-refractivity contribution in [3.63, 3.8) is 0 Å². The number of hydrogen-bond donors (Lipinski definition) is 1. The normalized spacial score (nSPS) is 16.3. The van der Waals surface area contributed by atoms with Crippen molar-refractivity contribution in [3.05, 3.63) is 16.2 Å². The monoisotopic (exact) mass is 284 g/mol. The summed E-state index contributed by atoms with van der Waals surface area (Å²) in [5.74, 6) is 1.04. The molecule has 0 bridgehead atoms. The van der Waals surface area contributed by atoms with Crippen molar-refractivity contribution in [1.29, 1.82) is 0 Å². The maximum atomic E-state index is 6.10. The van der Waals surface area contributed by atoms with E-state index in [9.17, 15) is 0 Å². The van der Waals surface area contributed by atoms with Crippen LogP contribution in [0.3, 0.4) is 0 Å². The third-order valence-corrected chi connectivity index (χ3v) is 3.67. The summed E-state index contributed by atoms with van der Waals surface area (Å²) < 4.78 is 0.889. The SMILES string of the molecule is CCN1Cc2c(ncc(Br)c2N)N(CC)C1. The summed E-state index contributed by atoms with van der Waals surface area (Å²) >= 11 is 3.43. The van der Waals surface area contributed by atoms with E-state index in [1.807, 2.05) is 0 Å². The highest BCUT2D eigenvalue weighted by molar-refractivity contribution is 9.10. The molecule has 0 spiro atoms. The molecule has 88 valence electrons. The second-order valence-corrected chi connectivity index (χ2v) is 4.82. The molecule has 0 saturated heterocycles. The first-order chi connectivity index (χ1) is 7.67. The van der Waals surface area contributed by atoms with Gasteiger partial charge in [-0.2, -0.15) is 0 Å². The van der Waals surface area contributed by atoms with Crippen molar-refractivity contribution in [3.8, 4) is 0 Å². The van der Waals surface area contributed by atoms with Crippen molar-refractivity contribution < 1.29 is 0 Å². The Morgan fingerprint density at radius 1 is 1.44 bits per heavy atom. The Kier molecular flexibility index (Phi) is 3.35. The van der Waals surface area contributed by atoms with Gasteiger partial charge >= 0.3 is 0 Å². The van der Waals surface area contributed by atoms with Gasteiger partial charge in [0.15, 0.2) is 0 Å². The molecule has 0 fully saturated rings. The molecule has 0 unspecified atom stereocenters. The van der Waals surface area contributed by atoms with Crippen LogP contribution in [0.25, 0.3) is 0 Å². The van der Waals surface area contributed by atoms with Crippen LogP contribution < -0.4 is 10.6 Å². The predicted octanol–water partition coefficient (Wildman–Crippen LogP) is 2.05. The van der Waals surface area contributed by atoms with E-state index in [2.05, 4.69) is 44.6 Å². The molecule has 0 aliphatic carbocycles. The molecule has 1 aliphatic heterocycles. The summed E-state index contributed by atoms with van der Waals surface area (Å²) in [6.07, 6.45) is 1.79. The van der Waals surface area contributed by atoms with Crippen molar-refractivity contribution in [2.75, 3.05) is 30.4 Å². The molecular weight excluding hydrogens is 268 g/mol. The van der Waals surface area contributed by atoms with E-state index in [0.29, 0.717) is 0 Å². The third kappa shape index (κ3) is 1.89. The number of nitrogens with zero attached hydrogens (tertiary/aromatic N) is 3. The van der Waals surface area contributed by atoms with Crippen LogP contribution in [0.4, 0.5) is 11.5 Å². The number of nitrogens with two attached hydrogens (primary N) is 1. The minimum absolute atomic E-state index is 0.821. The van der Waals surface area contributed by atoms with Gasteiger partial charge in [-0.15, -0.1) is 0 Å². The molecule has 0 aromatic carbocycles. The van der Waals surface area contributed by atoms with Gasteiger partial charge < -0.3 is 10.6 Å². The summed E-state index contributed by atoms with van der Waals surface area (Å²) in [6, 6.07) is 0. The van der Waals surface area contributed by atoms with Gasteiger partial charge in [-0.1, -0.05) is 6.92 Å². The highest BCUT2D eigenvalue weighted by Gasteiger charge is 2.24. The lowest BCUT2D eigenvalue weighted by atomic mass is 10.1. The smallest absolute Gasteiger partial charge is 0.136 e. The van der Waals surface area contributed by atoms with E-state index in [0.717, 1.165) is 47.8 Å². The summed E-state index contributed by atoms with van der Waals surface area (Å²) in [7, 11) is 0. The van der Waals surface area contributed by atoms with Gasteiger partial charge in [-0.25, -0.2) is 4.98 Å². The van der Waals surface area contributed by atoms with Gasteiger partial charge in [0.2, 0.25) is 0 Å². The summed E-state index contributed by atoms with van der Waals surface area (Å²) in [4.78, 5) is 9.09. The third-order valence-electron chi connectivity index (χ3n) is 3.03. The van der Waals surface area contributed by atoms with Crippen LogP contribution in [0.1, 0.15) is 19.4 Å². The maximum Gasteiger partial charge on any atom is 0.136 e. The Hall–Kier alpha value is -0.810. The zero-order valence-electron chi connectivity index (χ0n) is 9.70. The van der Waals surface area contributed by atoms with Gasteiger partial charge in [0.25, 0.3) is 0 Å². The topological polar surface area (TPSA) is 45.4 Å². The fraction of sp³-hybridized carbons (Fsp3) is 0.545. The number of halogens is 1. The molecule has 1 aromatic rings. The fourth-order valence-electron chi connectivity index (χ4n) is 2.00. The average Bonchev–Trinajstić information content (AvgIpc) is 2.32. The zero-order valence-corrected chi connectivity index (χ0v) is 11.3. The molecular formula is C11H17BrN4. The number of fused-ring (bicyclic) bond motifs is 1. The Bertz CT molecular complexity index is 394. The lowest BCUT2D eigenvalue weighted by molar-refractivity contribution is 0.265. The highest BCUT2D eigenvalue weighted by Crippen LogP contribution is 2.33. The quantitative estimate of drug-likeness (QED) is 0.903. The van der Waals surface area contributed by atoms with Crippen LogP contribution in [0.5, 0.6) is 0 Å². The molecule has 0 radical (unpaired) electrons. The summed E-state index contributed by atoms with van der Waals surface area (Å²) in [6.45, 7) is 8.12. The van der Waals surface area contributed by atoms with E-state index in [4.69, 9.17) is 5.73 Å². The van der Waals surface area contributed by atoms with Gasteiger partial charge in [-0.05, 0) is 29.4 Å². The number of pyridine rings is 1. The first-order valence-corrected chi connectivity index (χ1v) is 6.36. The van der Waals surface area contributed by atoms with Crippen molar-refractivity contribution in [2.24, 2.45) is 0 Å². The molecule has 2 heterocycles. The standard InChI is InChI=1S/C11H17BrN4/c1-3-15-6-8-10(13)9(12)5-14-11(8)16(4-2)7-15/h5H,3-4,6-7H2,1-2H3,(H2,13,14). The van der Waals surface area contributed by atoms with Crippen LogP contribution in [0, 0.1) is 0 Å². The Labute approximate surface area is 105 Å². The minimum atomic E-state index is 0.821. The van der Waals surface area contributed by atoms with Crippen LogP contribution in [-0.4, -0.2) is 29.6 Å². The zero-order chi connectivity index (χ0) is 11.7. The molecule has 0 atom stereocenters. The van der Waals surface area contributed by atoms with Crippen LogP contribution in [0.15, 0.2) is 10.7 Å². The first-order valence-electron chi connectivity index (χ1n) is 5.57. The molecule has 4 nitrogen and oxygen atoms in total. The molecule has 2 N–H and O–H groups in total. The molecule has 1 aromatic heterocycles. The van der Waals surface area contributed by atoms with Crippen LogP contribution in [0.2, 0.25) is 0 Å². The Balaban J connectivity index is 2.45. The number of rotatable bonds is 2. The van der Waals surface area contributed by atoms with Crippen molar-refractivity contribution in [2.45, 2.75) is 20.4 Å². The first kappa shape index (κ1) is 11.7. The summed E-state index contributed by atoms with van der Waals surface area (Å²) in [5.41, 5.74) is 8.06. The van der Waals surface area contributed by atoms with Gasteiger partial charge in [0.05, 0.1) is 16.8 Å². The van der Waals surface area contributed by atoms with E-state index in [-0.39, 0.29) is 0 Å². The van der Waals surface area contributed by atoms with Gasteiger partial charge in [-0.3, -0.25) is 4.90 Å². The van der Waals surface area contributed by atoms with E-state index in [1.54, 1.807) is 6.20 Å². The van der Waals surface area contributed by atoms with Crippen LogP contribution >= 0.6 is 15.9 Å². The minimum Gasteiger partial charge on any atom is -0.397 e. The molecule has 0 amide bonds. The average molecular weight is 285 g/mol. The second-order valence-electron chi connectivity index (χ2n) is 3.96. The van der Waals surface area contributed by atoms with Crippen molar-refractivity contribution >= 4 is 27.4 Å². The number of anilines is 2. The second kappa shape index (κ2) is 4.59. The Morgan fingerprint density at radius 3 is 2.81 bits per heavy atom. The number of nitrogen functional groups attached to an aromatic ring is 1. The summed E-state index contributed by atoms with van der Waals surface area (Å²) in [5, 5.41) is 0. The number of hydrogen-bond acceptors (Lipinski definition) is 4. The lowest BCUT2D eigenvalue weighted by Gasteiger charge is -2.37. The van der Waals surface area contributed by atoms with E-state index >= 15 is 0 Å². The van der Waals surface area contributed by atoms with Crippen molar-refractivity contribution in [1.82, 2.24) is 9.88 Å². The number of aromatic nitrogens is 1. The lowest BCUT2D eigenvalue weighted by Crippen LogP contribution is -2.42. The molecule has 5 heteroatoms. The fourth-order valence-corrected chi connectivity index (χ4v) is 2.34. The molecule has 0 saturated carbocycles. The molecule has 2 rings (SSSR count). The molecule has 16 heavy (non-hydrogen) atoms. The van der Waals surface area contributed by atoms with Gasteiger partial charge in [0.1, 0.15) is 5.82 Å². The largest absolute Gasteiger partial charge is 0.397 e. The molecule has 1 aliphatic rings. The predicted molar refractivity (Wildman–Crippen MR) is 70.3 cm³/mol. The van der Waals surface area contributed by atoms with E-state index < -0.39 is 0 Å². The Morgan fingerprint density at radius 2 is 2.19 bits per heavy atom. The highest BCUT2D eigenvalue weighted by atomic mass is 79.9.